The van der Waals surface area contributed by atoms with Crippen LogP contribution in [0.3, 0.4) is 0 Å². The number of carbonyl (C=O) groups is 1. The molecular weight excluding hydrogens is 252 g/mol. The fraction of sp³-hybridized carbons (Fsp3) is 0.600. The summed E-state index contributed by atoms with van der Waals surface area (Å²) >= 11 is 0. The number of aromatic nitrogens is 1. The van der Waals surface area contributed by atoms with E-state index in [1.54, 1.807) is 6.20 Å². The Kier molecular flexibility index (Phi) is 4.95. The Bertz CT molecular complexity index is 453. The summed E-state index contributed by atoms with van der Waals surface area (Å²) in [5.74, 6) is 1.59. The van der Waals surface area contributed by atoms with Crippen molar-refractivity contribution in [1.29, 1.82) is 0 Å². The van der Waals surface area contributed by atoms with Gasteiger partial charge in [-0.3, -0.25) is 4.79 Å². The van der Waals surface area contributed by atoms with Crippen LogP contribution in [0.4, 0.5) is 11.5 Å². The van der Waals surface area contributed by atoms with E-state index >= 15 is 0 Å². The Morgan fingerprint density at radius 2 is 2.10 bits per heavy atom. The summed E-state index contributed by atoms with van der Waals surface area (Å²) in [6.45, 7) is 0.738. The SMILES string of the molecule is CN(C)c1ncccc1NC(=O)C1CCC(CN)CC1. The highest BCUT2D eigenvalue weighted by Crippen LogP contribution is 2.30. The number of hydrogen-bond acceptors (Lipinski definition) is 4. The molecule has 1 amide bonds. The molecule has 1 aromatic rings. The number of carbonyl (C=O) groups excluding carboxylic acids is 1. The molecule has 1 saturated carbocycles. The van der Waals surface area contributed by atoms with E-state index in [4.69, 9.17) is 5.73 Å². The molecule has 110 valence electrons. The van der Waals surface area contributed by atoms with Gasteiger partial charge in [0.2, 0.25) is 5.91 Å². The standard InChI is InChI=1S/C15H24N4O/c1-19(2)14-13(4-3-9-17-14)18-15(20)12-7-5-11(10-16)6-8-12/h3-4,9,11-12H,5-8,10,16H2,1-2H3,(H,18,20). The van der Waals surface area contributed by atoms with Crippen molar-refractivity contribution in [2.24, 2.45) is 17.6 Å². The summed E-state index contributed by atoms with van der Waals surface area (Å²) in [5.41, 5.74) is 6.47. The minimum Gasteiger partial charge on any atom is -0.361 e. The lowest BCUT2D eigenvalue weighted by Crippen LogP contribution is -2.30. The molecule has 20 heavy (non-hydrogen) atoms. The molecule has 1 fully saturated rings. The van der Waals surface area contributed by atoms with E-state index in [2.05, 4.69) is 10.3 Å². The van der Waals surface area contributed by atoms with E-state index in [1.165, 1.54) is 0 Å². The third-order valence-corrected chi connectivity index (χ3v) is 4.02. The quantitative estimate of drug-likeness (QED) is 0.880. The minimum absolute atomic E-state index is 0.105. The second kappa shape index (κ2) is 6.70. The highest BCUT2D eigenvalue weighted by Gasteiger charge is 2.26. The topological polar surface area (TPSA) is 71.2 Å². The smallest absolute Gasteiger partial charge is 0.227 e. The molecule has 0 radical (unpaired) electrons. The Hall–Kier alpha value is -1.62. The van der Waals surface area contributed by atoms with Gasteiger partial charge in [-0.05, 0) is 50.3 Å². The largest absolute Gasteiger partial charge is 0.361 e. The summed E-state index contributed by atoms with van der Waals surface area (Å²) in [6.07, 6.45) is 5.72. The van der Waals surface area contributed by atoms with Crippen LogP contribution in [0.15, 0.2) is 18.3 Å². The number of anilines is 2. The molecule has 0 aromatic carbocycles. The first-order chi connectivity index (χ1) is 9.61. The maximum absolute atomic E-state index is 12.3. The second-order valence-electron chi connectivity index (χ2n) is 5.71. The summed E-state index contributed by atoms with van der Waals surface area (Å²) < 4.78 is 0. The average molecular weight is 276 g/mol. The molecule has 1 aromatic heterocycles. The molecule has 0 bridgehead atoms. The molecule has 0 unspecified atom stereocenters. The first-order valence-corrected chi connectivity index (χ1v) is 7.25. The summed E-state index contributed by atoms with van der Waals surface area (Å²) in [6, 6.07) is 3.74. The van der Waals surface area contributed by atoms with Crippen molar-refractivity contribution in [3.8, 4) is 0 Å². The molecule has 2 rings (SSSR count). The van der Waals surface area contributed by atoms with Crippen molar-refractivity contribution in [2.45, 2.75) is 25.7 Å². The van der Waals surface area contributed by atoms with Crippen LogP contribution in [0.25, 0.3) is 0 Å². The van der Waals surface area contributed by atoms with Gasteiger partial charge in [0.05, 0.1) is 5.69 Å². The molecule has 5 nitrogen and oxygen atoms in total. The van der Waals surface area contributed by atoms with E-state index in [9.17, 15) is 4.79 Å². The number of nitrogens with one attached hydrogen (secondary N) is 1. The first kappa shape index (κ1) is 14.8. The van der Waals surface area contributed by atoms with Gasteiger partial charge in [0.1, 0.15) is 0 Å². The van der Waals surface area contributed by atoms with Crippen LogP contribution < -0.4 is 16.0 Å². The van der Waals surface area contributed by atoms with Gasteiger partial charge in [-0.25, -0.2) is 4.98 Å². The van der Waals surface area contributed by atoms with Crippen LogP contribution >= 0.6 is 0 Å². The highest BCUT2D eigenvalue weighted by atomic mass is 16.1. The molecule has 3 N–H and O–H groups in total. The minimum atomic E-state index is 0.105. The Balaban J connectivity index is 1.98. The molecule has 5 heteroatoms. The van der Waals surface area contributed by atoms with E-state index in [-0.39, 0.29) is 11.8 Å². The van der Waals surface area contributed by atoms with E-state index in [0.717, 1.165) is 43.7 Å². The lowest BCUT2D eigenvalue weighted by Gasteiger charge is -2.27. The van der Waals surface area contributed by atoms with E-state index in [1.807, 2.05) is 31.1 Å². The van der Waals surface area contributed by atoms with Crippen LogP contribution in [0.2, 0.25) is 0 Å². The van der Waals surface area contributed by atoms with Crippen LogP contribution in [0, 0.1) is 11.8 Å². The van der Waals surface area contributed by atoms with Gasteiger partial charge in [0.15, 0.2) is 5.82 Å². The number of nitrogens with zero attached hydrogens (tertiary/aromatic N) is 2. The van der Waals surface area contributed by atoms with Crippen LogP contribution in [-0.2, 0) is 4.79 Å². The van der Waals surface area contributed by atoms with Crippen molar-refractivity contribution in [3.05, 3.63) is 18.3 Å². The van der Waals surface area contributed by atoms with Crippen molar-refractivity contribution in [3.63, 3.8) is 0 Å². The second-order valence-corrected chi connectivity index (χ2v) is 5.71. The predicted octanol–water partition coefficient (Wildman–Crippen LogP) is 1.85. The lowest BCUT2D eigenvalue weighted by molar-refractivity contribution is -0.121. The van der Waals surface area contributed by atoms with Gasteiger partial charge in [-0.1, -0.05) is 0 Å². The molecule has 0 atom stereocenters. The van der Waals surface area contributed by atoms with Crippen molar-refractivity contribution >= 4 is 17.4 Å². The Labute approximate surface area is 120 Å². The van der Waals surface area contributed by atoms with Crippen molar-refractivity contribution in [1.82, 2.24) is 4.98 Å². The molecule has 1 aliphatic carbocycles. The third kappa shape index (κ3) is 3.48. The highest BCUT2D eigenvalue weighted by molar-refractivity contribution is 5.95. The van der Waals surface area contributed by atoms with Gasteiger partial charge in [-0.15, -0.1) is 0 Å². The molecule has 0 spiro atoms. The van der Waals surface area contributed by atoms with Crippen LogP contribution in [0.5, 0.6) is 0 Å². The van der Waals surface area contributed by atoms with E-state index in [0.29, 0.717) is 5.92 Å². The number of nitrogens with two attached hydrogens (primary N) is 1. The normalized spacial score (nSPS) is 22.4. The van der Waals surface area contributed by atoms with Crippen LogP contribution in [-0.4, -0.2) is 31.5 Å². The van der Waals surface area contributed by atoms with Gasteiger partial charge in [-0.2, -0.15) is 0 Å². The average Bonchev–Trinajstić information content (AvgIpc) is 2.47. The third-order valence-electron chi connectivity index (χ3n) is 4.02. The molecule has 1 aliphatic rings. The number of pyridine rings is 1. The first-order valence-electron chi connectivity index (χ1n) is 7.25. The fourth-order valence-corrected chi connectivity index (χ4v) is 2.75. The molecule has 0 saturated heterocycles. The zero-order valence-corrected chi connectivity index (χ0v) is 12.3. The van der Waals surface area contributed by atoms with Gasteiger partial charge in [0.25, 0.3) is 0 Å². The monoisotopic (exact) mass is 276 g/mol. The fourth-order valence-electron chi connectivity index (χ4n) is 2.75. The Morgan fingerprint density at radius 3 is 2.70 bits per heavy atom. The van der Waals surface area contributed by atoms with E-state index < -0.39 is 0 Å². The van der Waals surface area contributed by atoms with Gasteiger partial charge in [0, 0.05) is 26.2 Å². The number of amides is 1. The van der Waals surface area contributed by atoms with Crippen molar-refractivity contribution in [2.75, 3.05) is 30.9 Å². The molecule has 0 aliphatic heterocycles. The summed E-state index contributed by atoms with van der Waals surface area (Å²) in [7, 11) is 3.84. The summed E-state index contributed by atoms with van der Waals surface area (Å²) in [4.78, 5) is 18.5. The summed E-state index contributed by atoms with van der Waals surface area (Å²) in [5, 5.41) is 3.02. The number of hydrogen-bond donors (Lipinski definition) is 2. The van der Waals surface area contributed by atoms with Gasteiger partial charge < -0.3 is 16.0 Å². The maximum atomic E-state index is 12.3. The molecular formula is C15H24N4O. The molecule has 1 heterocycles. The van der Waals surface area contributed by atoms with Crippen LogP contribution in [0.1, 0.15) is 25.7 Å². The lowest BCUT2D eigenvalue weighted by atomic mass is 9.81. The zero-order valence-electron chi connectivity index (χ0n) is 12.3. The number of rotatable bonds is 4. The maximum Gasteiger partial charge on any atom is 0.227 e. The van der Waals surface area contributed by atoms with Crippen molar-refractivity contribution < 1.29 is 4.79 Å². The van der Waals surface area contributed by atoms with Gasteiger partial charge >= 0.3 is 0 Å². The predicted molar refractivity (Wildman–Crippen MR) is 81.7 cm³/mol. The Morgan fingerprint density at radius 1 is 1.40 bits per heavy atom. The zero-order chi connectivity index (χ0) is 14.5.